The highest BCUT2D eigenvalue weighted by Crippen LogP contribution is 2.30. The highest BCUT2D eigenvalue weighted by Gasteiger charge is 2.21. The lowest BCUT2D eigenvalue weighted by Gasteiger charge is -2.31. The molecule has 0 aliphatic carbocycles. The first-order valence-electron chi connectivity index (χ1n) is 9.56. The summed E-state index contributed by atoms with van der Waals surface area (Å²) in [5, 5.41) is 3.25. The van der Waals surface area contributed by atoms with Gasteiger partial charge in [-0.25, -0.2) is 0 Å². The molecule has 1 aromatic heterocycles. The molecule has 150 valence electrons. The smallest absolute Gasteiger partial charge is 0.255 e. The van der Waals surface area contributed by atoms with Gasteiger partial charge in [-0.05, 0) is 37.0 Å². The van der Waals surface area contributed by atoms with E-state index in [-0.39, 0.29) is 24.8 Å². The van der Waals surface area contributed by atoms with Crippen LogP contribution in [0.15, 0.2) is 36.7 Å². The second-order valence-corrected chi connectivity index (χ2v) is 7.59. The van der Waals surface area contributed by atoms with Crippen LogP contribution in [0.25, 0.3) is 5.69 Å². The molecule has 0 spiro atoms. The molecule has 28 heavy (non-hydrogen) atoms. The normalized spacial score (nSPS) is 16.7. The van der Waals surface area contributed by atoms with Crippen LogP contribution in [-0.4, -0.2) is 48.0 Å². The van der Waals surface area contributed by atoms with Crippen molar-refractivity contribution in [2.45, 2.75) is 26.2 Å². The van der Waals surface area contributed by atoms with Crippen molar-refractivity contribution < 1.29 is 14.3 Å². The average Bonchev–Trinajstić information content (AvgIpc) is 3.22. The van der Waals surface area contributed by atoms with Crippen molar-refractivity contribution in [1.82, 2.24) is 14.8 Å². The first-order chi connectivity index (χ1) is 13.5. The summed E-state index contributed by atoms with van der Waals surface area (Å²) < 4.78 is 7.24. The molecule has 2 amide bonds. The maximum Gasteiger partial charge on any atom is 0.255 e. The number of nitrogens with one attached hydrogen (secondary N) is 1. The molecule has 3 rings (SSSR count). The molecular formula is C21H26ClN3O3. The molecular weight excluding hydrogens is 378 g/mol. The van der Waals surface area contributed by atoms with Crippen LogP contribution in [0.2, 0.25) is 5.02 Å². The molecule has 1 atom stereocenters. The van der Waals surface area contributed by atoms with Gasteiger partial charge in [0, 0.05) is 44.5 Å². The number of halogens is 1. The molecule has 1 aliphatic heterocycles. The third-order valence-corrected chi connectivity index (χ3v) is 5.33. The number of nitrogens with zero attached hydrogens (tertiary/aromatic N) is 2. The van der Waals surface area contributed by atoms with Crippen molar-refractivity contribution in [3.05, 3.63) is 47.2 Å². The number of amides is 2. The maximum atomic E-state index is 12.6. The van der Waals surface area contributed by atoms with E-state index in [9.17, 15) is 9.59 Å². The zero-order valence-corrected chi connectivity index (χ0v) is 17.0. The third-order valence-electron chi connectivity index (χ3n) is 5.03. The van der Waals surface area contributed by atoms with E-state index in [1.165, 1.54) is 13.5 Å². The van der Waals surface area contributed by atoms with Gasteiger partial charge in [-0.2, -0.15) is 0 Å². The lowest BCUT2D eigenvalue weighted by molar-refractivity contribution is -0.132. The number of likely N-dealkylation sites (tertiary alicyclic amines) is 1. The summed E-state index contributed by atoms with van der Waals surface area (Å²) in [4.78, 5) is 26.8. The van der Waals surface area contributed by atoms with Crippen LogP contribution < -0.4 is 10.1 Å². The van der Waals surface area contributed by atoms with Crippen LogP contribution in [0.3, 0.4) is 0 Å². The monoisotopic (exact) mass is 403 g/mol. The number of aromatic nitrogens is 1. The standard InChI is InChI=1S/C21H26ClN3O3/c1-15-6-5-11-25(14-15)20(26)7-8-23-21(27)16-12-17(22)18(13-19(16)28-2)24-9-3-4-10-24/h3-4,9-10,12-13,15H,5-8,11,14H2,1-2H3,(H,23,27). The molecule has 1 fully saturated rings. The number of piperidine rings is 1. The van der Waals surface area contributed by atoms with Crippen molar-refractivity contribution in [3.63, 3.8) is 0 Å². The first-order valence-corrected chi connectivity index (χ1v) is 9.94. The van der Waals surface area contributed by atoms with Gasteiger partial charge in [0.25, 0.3) is 5.91 Å². The van der Waals surface area contributed by atoms with Crippen molar-refractivity contribution in [2.24, 2.45) is 5.92 Å². The minimum atomic E-state index is -0.308. The number of ether oxygens (including phenoxy) is 1. The molecule has 0 radical (unpaired) electrons. The molecule has 2 heterocycles. The Morgan fingerprint density at radius 1 is 1.29 bits per heavy atom. The fourth-order valence-electron chi connectivity index (χ4n) is 3.53. The van der Waals surface area contributed by atoms with Gasteiger partial charge in [-0.3, -0.25) is 9.59 Å². The highest BCUT2D eigenvalue weighted by atomic mass is 35.5. The average molecular weight is 404 g/mol. The first kappa shape index (κ1) is 20.3. The summed E-state index contributed by atoms with van der Waals surface area (Å²) in [6.07, 6.45) is 6.24. The largest absolute Gasteiger partial charge is 0.496 e. The van der Waals surface area contributed by atoms with Gasteiger partial charge < -0.3 is 19.5 Å². The summed E-state index contributed by atoms with van der Waals surface area (Å²) in [5.41, 5.74) is 1.08. The highest BCUT2D eigenvalue weighted by molar-refractivity contribution is 6.33. The van der Waals surface area contributed by atoms with Gasteiger partial charge >= 0.3 is 0 Å². The summed E-state index contributed by atoms with van der Waals surface area (Å²) in [6.45, 7) is 4.05. The number of methoxy groups -OCH3 is 1. The van der Waals surface area contributed by atoms with E-state index < -0.39 is 0 Å². The topological polar surface area (TPSA) is 63.6 Å². The SMILES string of the molecule is COc1cc(-n2cccc2)c(Cl)cc1C(=O)NCCC(=O)N1CCCC(C)C1. The molecule has 1 unspecified atom stereocenters. The van der Waals surface area contributed by atoms with E-state index in [2.05, 4.69) is 12.2 Å². The fraction of sp³-hybridized carbons (Fsp3) is 0.429. The van der Waals surface area contributed by atoms with Gasteiger partial charge in [0.15, 0.2) is 0 Å². The minimum absolute atomic E-state index is 0.0832. The summed E-state index contributed by atoms with van der Waals surface area (Å²) in [7, 11) is 1.51. The number of benzene rings is 1. The lowest BCUT2D eigenvalue weighted by atomic mass is 10.00. The number of hydrogen-bond donors (Lipinski definition) is 1. The van der Waals surface area contributed by atoms with Crippen LogP contribution in [0.5, 0.6) is 5.75 Å². The Labute approximate surface area is 170 Å². The maximum absolute atomic E-state index is 12.6. The third kappa shape index (κ3) is 4.68. The predicted molar refractivity (Wildman–Crippen MR) is 109 cm³/mol. The quantitative estimate of drug-likeness (QED) is 0.802. The van der Waals surface area contributed by atoms with Crippen molar-refractivity contribution in [3.8, 4) is 11.4 Å². The van der Waals surface area contributed by atoms with Crippen molar-refractivity contribution in [1.29, 1.82) is 0 Å². The Morgan fingerprint density at radius 3 is 2.71 bits per heavy atom. The van der Waals surface area contributed by atoms with E-state index in [4.69, 9.17) is 16.3 Å². The number of carbonyl (C=O) groups excluding carboxylic acids is 2. The number of hydrogen-bond acceptors (Lipinski definition) is 3. The zero-order chi connectivity index (χ0) is 20.1. The number of carbonyl (C=O) groups is 2. The van der Waals surface area contributed by atoms with Crippen molar-refractivity contribution in [2.75, 3.05) is 26.7 Å². The van der Waals surface area contributed by atoms with Gasteiger partial charge in [0.1, 0.15) is 5.75 Å². The van der Waals surface area contributed by atoms with Crippen LogP contribution in [0.1, 0.15) is 36.5 Å². The summed E-state index contributed by atoms with van der Waals surface area (Å²) in [6, 6.07) is 7.11. The van der Waals surface area contributed by atoms with Crippen LogP contribution in [-0.2, 0) is 4.79 Å². The van der Waals surface area contributed by atoms with Crippen LogP contribution in [0, 0.1) is 5.92 Å². The summed E-state index contributed by atoms with van der Waals surface area (Å²) >= 11 is 6.38. The zero-order valence-electron chi connectivity index (χ0n) is 16.3. The van der Waals surface area contributed by atoms with Gasteiger partial charge in [-0.15, -0.1) is 0 Å². The molecule has 0 bridgehead atoms. The van der Waals surface area contributed by atoms with E-state index in [0.717, 1.165) is 25.2 Å². The van der Waals surface area contributed by atoms with Gasteiger partial charge in [-0.1, -0.05) is 18.5 Å². The lowest BCUT2D eigenvalue weighted by Crippen LogP contribution is -2.40. The second kappa shape index (κ2) is 9.15. The molecule has 1 aliphatic rings. The fourth-order valence-corrected chi connectivity index (χ4v) is 3.80. The Balaban J connectivity index is 1.62. The molecule has 0 saturated carbocycles. The van der Waals surface area contributed by atoms with E-state index in [0.29, 0.717) is 22.3 Å². The molecule has 1 N–H and O–H groups in total. The minimum Gasteiger partial charge on any atom is -0.496 e. The Morgan fingerprint density at radius 2 is 2.04 bits per heavy atom. The Kier molecular flexibility index (Phi) is 6.62. The molecule has 1 aromatic carbocycles. The summed E-state index contributed by atoms with van der Waals surface area (Å²) in [5.74, 6) is 0.747. The Hall–Kier alpha value is -2.47. The van der Waals surface area contributed by atoms with E-state index in [1.54, 1.807) is 12.1 Å². The molecule has 7 heteroatoms. The van der Waals surface area contributed by atoms with Gasteiger partial charge in [0.05, 0.1) is 23.4 Å². The van der Waals surface area contributed by atoms with Gasteiger partial charge in [0.2, 0.25) is 5.91 Å². The molecule has 1 saturated heterocycles. The van der Waals surface area contributed by atoms with E-state index >= 15 is 0 Å². The van der Waals surface area contributed by atoms with E-state index in [1.807, 2.05) is 34.0 Å². The molecule has 6 nitrogen and oxygen atoms in total. The van der Waals surface area contributed by atoms with Crippen molar-refractivity contribution >= 4 is 23.4 Å². The molecule has 2 aromatic rings. The van der Waals surface area contributed by atoms with Crippen LogP contribution >= 0.6 is 11.6 Å². The Bertz CT molecular complexity index is 836. The second-order valence-electron chi connectivity index (χ2n) is 7.19. The van der Waals surface area contributed by atoms with Crippen LogP contribution in [0.4, 0.5) is 0 Å². The predicted octanol–water partition coefficient (Wildman–Crippen LogP) is 3.52. The number of rotatable bonds is 6.